The van der Waals surface area contributed by atoms with Crippen LogP contribution in [0.4, 0.5) is 4.79 Å². The molecule has 0 aliphatic carbocycles. The zero-order chi connectivity index (χ0) is 22.7. The molecule has 1 aliphatic heterocycles. The first kappa shape index (κ1) is 21.9. The standard InChI is InChI=1S/C25H30N4O3/c1-27(2)13-6-14-29-24(18-11-15-28(16-12-18)25(30)31)21-10-9-19(17-22(21)26-29)20-7-4-5-8-23(20)32-3/h4-5,7-11,17H,6,12-16H2,1-3H3,(H,30,31). The van der Waals surface area contributed by atoms with Crippen molar-refractivity contribution in [3.8, 4) is 16.9 Å². The second kappa shape index (κ2) is 9.44. The number of nitrogens with zero attached hydrogens (tertiary/aromatic N) is 4. The fourth-order valence-corrected chi connectivity index (χ4v) is 4.28. The monoisotopic (exact) mass is 434 g/mol. The number of methoxy groups -OCH3 is 1. The molecule has 7 heteroatoms. The number of hydrogen-bond donors (Lipinski definition) is 1. The molecule has 168 valence electrons. The number of rotatable bonds is 7. The zero-order valence-electron chi connectivity index (χ0n) is 18.9. The maximum absolute atomic E-state index is 11.3. The van der Waals surface area contributed by atoms with Gasteiger partial charge in [-0.2, -0.15) is 5.10 Å². The summed E-state index contributed by atoms with van der Waals surface area (Å²) in [6.45, 7) is 2.71. The molecular formula is C25H30N4O3. The summed E-state index contributed by atoms with van der Waals surface area (Å²) in [5, 5.41) is 15.4. The number of fused-ring (bicyclic) bond motifs is 1. The highest BCUT2D eigenvalue weighted by molar-refractivity contribution is 5.94. The number of para-hydroxylation sites is 1. The highest BCUT2D eigenvalue weighted by atomic mass is 16.5. The normalized spacial score (nSPS) is 14.1. The van der Waals surface area contributed by atoms with Crippen LogP contribution in [0.15, 0.2) is 48.5 Å². The summed E-state index contributed by atoms with van der Waals surface area (Å²) in [5.74, 6) is 0.834. The quantitative estimate of drug-likeness (QED) is 0.596. The van der Waals surface area contributed by atoms with Gasteiger partial charge in [-0.1, -0.05) is 30.3 Å². The molecule has 0 saturated carbocycles. The van der Waals surface area contributed by atoms with Crippen molar-refractivity contribution in [3.05, 3.63) is 54.2 Å². The van der Waals surface area contributed by atoms with E-state index in [0.717, 1.165) is 53.0 Å². The van der Waals surface area contributed by atoms with Crippen molar-refractivity contribution >= 4 is 22.6 Å². The van der Waals surface area contributed by atoms with Crippen molar-refractivity contribution in [1.82, 2.24) is 19.6 Å². The Morgan fingerprint density at radius 1 is 1.22 bits per heavy atom. The second-order valence-electron chi connectivity index (χ2n) is 8.37. The third kappa shape index (κ3) is 4.48. The number of amides is 1. The molecule has 0 spiro atoms. The van der Waals surface area contributed by atoms with Gasteiger partial charge in [0.15, 0.2) is 0 Å². The number of carboxylic acid groups (broad SMARTS) is 1. The van der Waals surface area contributed by atoms with Crippen molar-refractivity contribution in [3.63, 3.8) is 0 Å². The first-order chi connectivity index (χ1) is 15.5. The summed E-state index contributed by atoms with van der Waals surface area (Å²) < 4.78 is 7.65. The largest absolute Gasteiger partial charge is 0.496 e. The third-order valence-corrected chi connectivity index (χ3v) is 5.92. The molecule has 7 nitrogen and oxygen atoms in total. The van der Waals surface area contributed by atoms with Crippen LogP contribution >= 0.6 is 0 Å². The maximum atomic E-state index is 11.3. The summed E-state index contributed by atoms with van der Waals surface area (Å²) in [5.41, 5.74) is 5.31. The molecule has 2 heterocycles. The minimum Gasteiger partial charge on any atom is -0.496 e. The second-order valence-corrected chi connectivity index (χ2v) is 8.37. The van der Waals surface area contributed by atoms with E-state index in [4.69, 9.17) is 9.84 Å². The average molecular weight is 435 g/mol. The number of aromatic nitrogens is 2. The first-order valence-corrected chi connectivity index (χ1v) is 10.9. The molecule has 1 aromatic heterocycles. The molecule has 0 fully saturated rings. The number of carbonyl (C=O) groups is 1. The SMILES string of the molecule is COc1ccccc1-c1ccc2c(C3=CCN(C(=O)O)CC3)n(CCCN(C)C)nc2c1. The fraction of sp³-hybridized carbons (Fsp3) is 0.360. The Labute approximate surface area is 188 Å². The molecule has 1 N–H and O–H groups in total. The van der Waals surface area contributed by atoms with Crippen LogP contribution in [0.5, 0.6) is 5.75 Å². The van der Waals surface area contributed by atoms with Crippen molar-refractivity contribution in [2.75, 3.05) is 40.8 Å². The molecule has 0 radical (unpaired) electrons. The number of benzene rings is 2. The van der Waals surface area contributed by atoms with E-state index in [2.05, 4.69) is 47.9 Å². The van der Waals surface area contributed by atoms with Gasteiger partial charge < -0.3 is 19.6 Å². The van der Waals surface area contributed by atoms with Gasteiger partial charge in [0.2, 0.25) is 0 Å². The van der Waals surface area contributed by atoms with Gasteiger partial charge in [-0.3, -0.25) is 4.68 Å². The highest BCUT2D eigenvalue weighted by Gasteiger charge is 2.22. The first-order valence-electron chi connectivity index (χ1n) is 10.9. The van der Waals surface area contributed by atoms with E-state index in [9.17, 15) is 9.90 Å². The van der Waals surface area contributed by atoms with Crippen LogP contribution in [0, 0.1) is 0 Å². The van der Waals surface area contributed by atoms with Crippen LogP contribution in [0.2, 0.25) is 0 Å². The van der Waals surface area contributed by atoms with Crippen molar-refractivity contribution in [2.45, 2.75) is 19.4 Å². The number of aryl methyl sites for hydroxylation is 1. The van der Waals surface area contributed by atoms with E-state index in [0.29, 0.717) is 19.5 Å². The Hall–Kier alpha value is -3.32. The minimum absolute atomic E-state index is 0.411. The lowest BCUT2D eigenvalue weighted by Gasteiger charge is -2.24. The van der Waals surface area contributed by atoms with Crippen LogP contribution in [0.3, 0.4) is 0 Å². The summed E-state index contributed by atoms with van der Waals surface area (Å²) in [7, 11) is 5.83. The van der Waals surface area contributed by atoms with Gasteiger partial charge in [0.25, 0.3) is 0 Å². The predicted octanol–water partition coefficient (Wildman–Crippen LogP) is 4.43. The van der Waals surface area contributed by atoms with Crippen molar-refractivity contribution in [2.24, 2.45) is 0 Å². The van der Waals surface area contributed by atoms with E-state index in [1.807, 2.05) is 24.3 Å². The topological polar surface area (TPSA) is 70.8 Å². The Morgan fingerprint density at radius 3 is 2.72 bits per heavy atom. The molecule has 1 amide bonds. The van der Waals surface area contributed by atoms with E-state index < -0.39 is 6.09 Å². The Balaban J connectivity index is 1.75. The maximum Gasteiger partial charge on any atom is 0.407 e. The van der Waals surface area contributed by atoms with Crippen LogP contribution in [0.25, 0.3) is 27.6 Å². The number of hydrogen-bond acceptors (Lipinski definition) is 4. The van der Waals surface area contributed by atoms with Gasteiger partial charge in [-0.05, 0) is 62.8 Å². The van der Waals surface area contributed by atoms with Gasteiger partial charge >= 0.3 is 6.09 Å². The van der Waals surface area contributed by atoms with Gasteiger partial charge in [0.1, 0.15) is 5.75 Å². The average Bonchev–Trinajstić information content (AvgIpc) is 3.16. The van der Waals surface area contributed by atoms with Crippen LogP contribution in [0.1, 0.15) is 18.5 Å². The van der Waals surface area contributed by atoms with Gasteiger partial charge in [0, 0.05) is 30.6 Å². The number of ether oxygens (including phenoxy) is 1. The van der Waals surface area contributed by atoms with E-state index in [1.165, 1.54) is 10.5 Å². The molecule has 0 saturated heterocycles. The van der Waals surface area contributed by atoms with Crippen molar-refractivity contribution in [1.29, 1.82) is 0 Å². The molecule has 4 rings (SSSR count). The highest BCUT2D eigenvalue weighted by Crippen LogP contribution is 2.35. The van der Waals surface area contributed by atoms with Gasteiger partial charge in [-0.15, -0.1) is 0 Å². The Kier molecular flexibility index (Phi) is 6.46. The molecule has 0 bridgehead atoms. The zero-order valence-corrected chi connectivity index (χ0v) is 18.9. The lowest BCUT2D eigenvalue weighted by molar-refractivity contribution is 0.150. The minimum atomic E-state index is -0.869. The molecule has 0 atom stereocenters. The molecule has 0 unspecified atom stereocenters. The lowest BCUT2D eigenvalue weighted by atomic mass is 9.98. The lowest BCUT2D eigenvalue weighted by Crippen LogP contribution is -2.33. The molecule has 3 aromatic rings. The molecular weight excluding hydrogens is 404 g/mol. The summed E-state index contributed by atoms with van der Waals surface area (Å²) in [4.78, 5) is 14.9. The van der Waals surface area contributed by atoms with Gasteiger partial charge in [-0.25, -0.2) is 4.79 Å². The van der Waals surface area contributed by atoms with Gasteiger partial charge in [0.05, 0.1) is 18.3 Å². The fourth-order valence-electron chi connectivity index (χ4n) is 4.28. The van der Waals surface area contributed by atoms with Crippen LogP contribution in [-0.2, 0) is 6.54 Å². The Morgan fingerprint density at radius 2 is 2.03 bits per heavy atom. The summed E-state index contributed by atoms with van der Waals surface area (Å²) in [6.07, 6.45) is 2.84. The van der Waals surface area contributed by atoms with E-state index >= 15 is 0 Å². The van der Waals surface area contributed by atoms with Crippen molar-refractivity contribution < 1.29 is 14.6 Å². The van der Waals surface area contributed by atoms with E-state index in [-0.39, 0.29) is 0 Å². The van der Waals surface area contributed by atoms with Crippen LogP contribution in [-0.4, -0.2) is 71.6 Å². The Bertz CT molecular complexity index is 1150. The van der Waals surface area contributed by atoms with Crippen LogP contribution < -0.4 is 4.74 Å². The summed E-state index contributed by atoms with van der Waals surface area (Å²) in [6, 6.07) is 14.4. The summed E-state index contributed by atoms with van der Waals surface area (Å²) >= 11 is 0. The predicted molar refractivity (Wildman–Crippen MR) is 127 cm³/mol. The molecule has 1 aliphatic rings. The smallest absolute Gasteiger partial charge is 0.407 e. The third-order valence-electron chi connectivity index (χ3n) is 5.92. The molecule has 2 aromatic carbocycles. The van der Waals surface area contributed by atoms with E-state index in [1.54, 1.807) is 7.11 Å². The molecule has 32 heavy (non-hydrogen) atoms.